The van der Waals surface area contributed by atoms with Crippen molar-refractivity contribution >= 4 is 0 Å². The fourth-order valence-corrected chi connectivity index (χ4v) is 1.17. The molecule has 66 valence electrons. The van der Waals surface area contributed by atoms with Crippen molar-refractivity contribution < 1.29 is 10.1 Å². The molecular weight excluding hydrogens is 152 g/mol. The van der Waals surface area contributed by atoms with E-state index in [0.29, 0.717) is 5.75 Å². The van der Waals surface area contributed by atoms with E-state index in [-0.39, 0.29) is 0 Å². The molecule has 0 atom stereocenters. The van der Waals surface area contributed by atoms with Gasteiger partial charge in [0.15, 0.2) is 5.75 Å². The Kier molecular flexibility index (Phi) is 3.61. The molecule has 0 amide bonds. The first-order chi connectivity index (χ1) is 5.88. The van der Waals surface area contributed by atoms with E-state index in [0.717, 1.165) is 24.8 Å². The van der Waals surface area contributed by atoms with Gasteiger partial charge in [-0.3, -0.25) is 0 Å². The zero-order chi connectivity index (χ0) is 8.81. The molecule has 0 saturated heterocycles. The summed E-state index contributed by atoms with van der Waals surface area (Å²) in [5.74, 6) is 0.575. The Hall–Kier alpha value is -1.02. The van der Waals surface area contributed by atoms with Crippen molar-refractivity contribution in [2.45, 2.75) is 26.2 Å². The first-order valence-electron chi connectivity index (χ1n) is 4.27. The van der Waals surface area contributed by atoms with Gasteiger partial charge in [0.05, 0.1) is 0 Å². The minimum absolute atomic E-state index is 0.575. The molecule has 0 spiro atoms. The highest BCUT2D eigenvalue weighted by molar-refractivity contribution is 5.32. The molecule has 0 aliphatic heterocycles. The number of hydrogen-bond acceptors (Lipinski definition) is 2. The molecule has 0 unspecified atom stereocenters. The molecule has 12 heavy (non-hydrogen) atoms. The lowest BCUT2D eigenvalue weighted by atomic mass is 10.1. The maximum Gasteiger partial charge on any atom is 0.168 e. The molecule has 0 aromatic heterocycles. The van der Waals surface area contributed by atoms with Crippen LogP contribution in [0.4, 0.5) is 0 Å². The second kappa shape index (κ2) is 4.78. The topological polar surface area (TPSA) is 29.5 Å². The van der Waals surface area contributed by atoms with E-state index in [2.05, 4.69) is 11.8 Å². The Morgan fingerprint density at radius 2 is 2.08 bits per heavy atom. The Morgan fingerprint density at radius 1 is 1.33 bits per heavy atom. The van der Waals surface area contributed by atoms with Crippen LogP contribution in [0.5, 0.6) is 5.75 Å². The lowest BCUT2D eigenvalue weighted by Crippen LogP contribution is -1.91. The summed E-state index contributed by atoms with van der Waals surface area (Å²) in [6.07, 6.45) is 3.24. The quantitative estimate of drug-likeness (QED) is 0.550. The third-order valence-electron chi connectivity index (χ3n) is 1.87. The van der Waals surface area contributed by atoms with Crippen molar-refractivity contribution in [1.29, 1.82) is 0 Å². The summed E-state index contributed by atoms with van der Waals surface area (Å²) in [5.41, 5.74) is 1.07. The van der Waals surface area contributed by atoms with Crippen molar-refractivity contribution in [3.8, 4) is 5.75 Å². The van der Waals surface area contributed by atoms with Gasteiger partial charge in [-0.1, -0.05) is 31.5 Å². The predicted octanol–water partition coefficient (Wildman–Crippen LogP) is 2.88. The number of unbranched alkanes of at least 4 members (excludes halogenated alkanes) is 1. The summed E-state index contributed by atoms with van der Waals surface area (Å²) in [4.78, 5) is 4.24. The van der Waals surface area contributed by atoms with Crippen molar-refractivity contribution in [3.63, 3.8) is 0 Å². The van der Waals surface area contributed by atoms with Crippen LogP contribution in [0.3, 0.4) is 0 Å². The van der Waals surface area contributed by atoms with E-state index in [9.17, 15) is 0 Å². The smallest absolute Gasteiger partial charge is 0.168 e. The second-order valence-corrected chi connectivity index (χ2v) is 2.80. The molecule has 0 aliphatic carbocycles. The molecule has 0 heterocycles. The predicted molar refractivity (Wildman–Crippen MR) is 48.3 cm³/mol. The fraction of sp³-hybridized carbons (Fsp3) is 0.400. The standard InChI is InChI=1S/C10H14O2/c1-2-3-6-9-7-4-5-8-10(9)12-11/h4-5,7-8,11H,2-3,6H2,1H3. The van der Waals surface area contributed by atoms with Crippen molar-refractivity contribution in [1.82, 2.24) is 0 Å². The lowest BCUT2D eigenvalue weighted by Gasteiger charge is -2.04. The maximum atomic E-state index is 8.52. The molecule has 1 aromatic carbocycles. The van der Waals surface area contributed by atoms with Crippen LogP contribution in [0, 0.1) is 0 Å². The van der Waals surface area contributed by atoms with E-state index in [1.807, 2.05) is 18.2 Å². The van der Waals surface area contributed by atoms with Crippen LogP contribution in [0.1, 0.15) is 25.3 Å². The molecule has 0 bridgehead atoms. The van der Waals surface area contributed by atoms with E-state index in [4.69, 9.17) is 5.26 Å². The first-order valence-corrected chi connectivity index (χ1v) is 4.27. The Balaban J connectivity index is 2.68. The third-order valence-corrected chi connectivity index (χ3v) is 1.87. The number of para-hydroxylation sites is 1. The molecule has 2 nitrogen and oxygen atoms in total. The molecule has 1 rings (SSSR count). The minimum atomic E-state index is 0.575. The van der Waals surface area contributed by atoms with Crippen molar-refractivity contribution in [3.05, 3.63) is 29.8 Å². The second-order valence-electron chi connectivity index (χ2n) is 2.80. The SMILES string of the molecule is CCCCc1ccccc1OO. The summed E-state index contributed by atoms with van der Waals surface area (Å²) in [6, 6.07) is 7.54. The van der Waals surface area contributed by atoms with Crippen LogP contribution < -0.4 is 4.89 Å². The van der Waals surface area contributed by atoms with Crippen LogP contribution in [0.25, 0.3) is 0 Å². The summed E-state index contributed by atoms with van der Waals surface area (Å²) in [7, 11) is 0. The van der Waals surface area contributed by atoms with Gasteiger partial charge in [0.1, 0.15) is 0 Å². The van der Waals surface area contributed by atoms with Gasteiger partial charge in [-0.25, -0.2) is 5.26 Å². The van der Waals surface area contributed by atoms with Crippen LogP contribution >= 0.6 is 0 Å². The molecular formula is C10H14O2. The lowest BCUT2D eigenvalue weighted by molar-refractivity contribution is -0.138. The van der Waals surface area contributed by atoms with Crippen LogP contribution in [0.2, 0.25) is 0 Å². The van der Waals surface area contributed by atoms with Crippen LogP contribution in [-0.4, -0.2) is 5.26 Å². The van der Waals surface area contributed by atoms with Gasteiger partial charge >= 0.3 is 0 Å². The van der Waals surface area contributed by atoms with E-state index >= 15 is 0 Å². The van der Waals surface area contributed by atoms with Crippen molar-refractivity contribution in [2.75, 3.05) is 0 Å². The average molecular weight is 166 g/mol. The van der Waals surface area contributed by atoms with Gasteiger partial charge in [0.25, 0.3) is 0 Å². The van der Waals surface area contributed by atoms with Gasteiger partial charge in [-0.15, -0.1) is 0 Å². The zero-order valence-electron chi connectivity index (χ0n) is 7.29. The largest absolute Gasteiger partial charge is 0.340 e. The summed E-state index contributed by atoms with van der Waals surface area (Å²) in [5, 5.41) is 8.52. The fourth-order valence-electron chi connectivity index (χ4n) is 1.17. The maximum absolute atomic E-state index is 8.52. The monoisotopic (exact) mass is 166 g/mol. The third kappa shape index (κ3) is 2.24. The molecule has 0 saturated carbocycles. The highest BCUT2D eigenvalue weighted by Gasteiger charge is 2.00. The van der Waals surface area contributed by atoms with E-state index in [1.165, 1.54) is 0 Å². The molecule has 0 radical (unpaired) electrons. The van der Waals surface area contributed by atoms with Crippen molar-refractivity contribution in [2.24, 2.45) is 0 Å². The molecule has 0 fully saturated rings. The van der Waals surface area contributed by atoms with Gasteiger partial charge in [-0.05, 0) is 24.5 Å². The summed E-state index contributed by atoms with van der Waals surface area (Å²) < 4.78 is 0. The normalized spacial score (nSPS) is 9.83. The average Bonchev–Trinajstić information content (AvgIpc) is 2.15. The minimum Gasteiger partial charge on any atom is -0.340 e. The van der Waals surface area contributed by atoms with Gasteiger partial charge in [0, 0.05) is 0 Å². The Morgan fingerprint density at radius 3 is 2.75 bits per heavy atom. The Labute approximate surface area is 72.7 Å². The highest BCUT2D eigenvalue weighted by Crippen LogP contribution is 2.18. The molecule has 1 aromatic rings. The zero-order valence-corrected chi connectivity index (χ0v) is 7.29. The Bertz CT molecular complexity index is 233. The molecule has 2 heteroatoms. The van der Waals surface area contributed by atoms with E-state index in [1.54, 1.807) is 6.07 Å². The summed E-state index contributed by atoms with van der Waals surface area (Å²) in [6.45, 7) is 2.14. The first kappa shape index (κ1) is 9.07. The van der Waals surface area contributed by atoms with Gasteiger partial charge < -0.3 is 4.89 Å². The van der Waals surface area contributed by atoms with E-state index < -0.39 is 0 Å². The van der Waals surface area contributed by atoms with Crippen LogP contribution in [-0.2, 0) is 6.42 Å². The van der Waals surface area contributed by atoms with Gasteiger partial charge in [-0.2, -0.15) is 0 Å². The highest BCUT2D eigenvalue weighted by atomic mass is 17.1. The number of hydrogen-bond donors (Lipinski definition) is 1. The molecule has 0 aliphatic rings. The number of rotatable bonds is 4. The van der Waals surface area contributed by atoms with Gasteiger partial charge in [0.2, 0.25) is 0 Å². The molecule has 1 N–H and O–H groups in total. The number of benzene rings is 1. The number of aryl methyl sites for hydroxylation is 1. The summed E-state index contributed by atoms with van der Waals surface area (Å²) >= 11 is 0. The van der Waals surface area contributed by atoms with Crippen LogP contribution in [0.15, 0.2) is 24.3 Å².